The van der Waals surface area contributed by atoms with Crippen LogP contribution in [0, 0.1) is 22.6 Å². The maximum absolute atomic E-state index is 13.3. The van der Waals surface area contributed by atoms with Gasteiger partial charge in [-0.05, 0) is 47.0 Å². The standard InChI is InChI=1S/C13H12BrFN2O/c14-10-4-3-9(7-11(10)15)17-12(18)13(8-16)5-1-2-6-13/h3-4,7H,1-2,5-6H2,(H,17,18). The van der Waals surface area contributed by atoms with Gasteiger partial charge in [0.15, 0.2) is 0 Å². The summed E-state index contributed by atoms with van der Waals surface area (Å²) in [6.45, 7) is 0. The lowest BCUT2D eigenvalue weighted by atomic mass is 9.87. The van der Waals surface area contributed by atoms with Gasteiger partial charge in [-0.2, -0.15) is 5.26 Å². The number of halogens is 2. The predicted octanol–water partition coefficient (Wildman–Crippen LogP) is 3.61. The molecule has 0 heterocycles. The summed E-state index contributed by atoms with van der Waals surface area (Å²) < 4.78 is 13.7. The number of nitrogens with one attached hydrogen (secondary N) is 1. The summed E-state index contributed by atoms with van der Waals surface area (Å²) >= 11 is 3.05. The van der Waals surface area contributed by atoms with Gasteiger partial charge in [0.25, 0.3) is 0 Å². The van der Waals surface area contributed by atoms with Crippen LogP contribution in [0.2, 0.25) is 0 Å². The quantitative estimate of drug-likeness (QED) is 0.907. The van der Waals surface area contributed by atoms with E-state index in [4.69, 9.17) is 0 Å². The van der Waals surface area contributed by atoms with E-state index in [1.807, 2.05) is 0 Å². The van der Waals surface area contributed by atoms with Crippen molar-refractivity contribution in [2.24, 2.45) is 5.41 Å². The van der Waals surface area contributed by atoms with Crippen molar-refractivity contribution in [2.45, 2.75) is 25.7 Å². The Labute approximate surface area is 113 Å². The Morgan fingerprint density at radius 1 is 1.44 bits per heavy atom. The van der Waals surface area contributed by atoms with Gasteiger partial charge in [-0.25, -0.2) is 4.39 Å². The highest BCUT2D eigenvalue weighted by atomic mass is 79.9. The van der Waals surface area contributed by atoms with Crippen molar-refractivity contribution in [2.75, 3.05) is 5.32 Å². The van der Waals surface area contributed by atoms with Crippen LogP contribution in [-0.2, 0) is 4.79 Å². The molecule has 0 bridgehead atoms. The molecular weight excluding hydrogens is 299 g/mol. The third kappa shape index (κ3) is 2.39. The van der Waals surface area contributed by atoms with E-state index in [9.17, 15) is 14.4 Å². The second-order valence-corrected chi connectivity index (χ2v) is 5.34. The second kappa shape index (κ2) is 5.07. The Hall–Kier alpha value is -1.41. The van der Waals surface area contributed by atoms with Crippen LogP contribution < -0.4 is 5.32 Å². The minimum atomic E-state index is -0.941. The number of benzene rings is 1. The Kier molecular flexibility index (Phi) is 3.67. The number of hydrogen-bond acceptors (Lipinski definition) is 2. The van der Waals surface area contributed by atoms with E-state index in [2.05, 4.69) is 27.3 Å². The number of anilines is 1. The van der Waals surface area contributed by atoms with Gasteiger partial charge in [-0.1, -0.05) is 12.8 Å². The number of rotatable bonds is 2. The number of carbonyl (C=O) groups excluding carboxylic acids is 1. The Bertz CT molecular complexity index is 518. The smallest absolute Gasteiger partial charge is 0.244 e. The molecule has 94 valence electrons. The summed E-state index contributed by atoms with van der Waals surface area (Å²) in [5.41, 5.74) is -0.564. The van der Waals surface area contributed by atoms with Crippen LogP contribution in [0.15, 0.2) is 22.7 Å². The van der Waals surface area contributed by atoms with E-state index in [1.165, 1.54) is 12.1 Å². The van der Waals surface area contributed by atoms with Crippen molar-refractivity contribution in [1.82, 2.24) is 0 Å². The van der Waals surface area contributed by atoms with E-state index in [-0.39, 0.29) is 5.91 Å². The zero-order valence-electron chi connectivity index (χ0n) is 9.67. The van der Waals surface area contributed by atoms with Crippen molar-refractivity contribution in [3.63, 3.8) is 0 Å². The molecule has 18 heavy (non-hydrogen) atoms. The molecule has 0 atom stereocenters. The lowest BCUT2D eigenvalue weighted by Crippen LogP contribution is -2.32. The zero-order valence-corrected chi connectivity index (χ0v) is 11.3. The highest BCUT2D eigenvalue weighted by molar-refractivity contribution is 9.10. The molecule has 2 rings (SSSR count). The van der Waals surface area contributed by atoms with Crippen LogP contribution >= 0.6 is 15.9 Å². The number of nitrogens with zero attached hydrogens (tertiary/aromatic N) is 1. The molecule has 1 saturated carbocycles. The largest absolute Gasteiger partial charge is 0.325 e. The summed E-state index contributed by atoms with van der Waals surface area (Å²) in [6.07, 6.45) is 2.92. The minimum absolute atomic E-state index is 0.329. The summed E-state index contributed by atoms with van der Waals surface area (Å²) in [5.74, 6) is -0.769. The molecule has 1 aromatic rings. The highest BCUT2D eigenvalue weighted by Crippen LogP contribution is 2.38. The Morgan fingerprint density at radius 3 is 2.67 bits per heavy atom. The van der Waals surface area contributed by atoms with Gasteiger partial charge in [0.2, 0.25) is 5.91 Å². The third-order valence-electron chi connectivity index (χ3n) is 3.28. The summed E-state index contributed by atoms with van der Waals surface area (Å²) in [6, 6.07) is 6.48. The van der Waals surface area contributed by atoms with Crippen LogP contribution in [0.4, 0.5) is 10.1 Å². The number of amides is 1. The molecular formula is C13H12BrFN2O. The third-order valence-corrected chi connectivity index (χ3v) is 3.93. The van der Waals surface area contributed by atoms with Gasteiger partial charge in [-0.3, -0.25) is 4.79 Å². The molecule has 0 saturated heterocycles. The van der Waals surface area contributed by atoms with E-state index < -0.39 is 11.2 Å². The van der Waals surface area contributed by atoms with Crippen LogP contribution in [0.25, 0.3) is 0 Å². The fourth-order valence-electron chi connectivity index (χ4n) is 2.19. The molecule has 5 heteroatoms. The van der Waals surface area contributed by atoms with Crippen molar-refractivity contribution in [3.8, 4) is 6.07 Å². The summed E-state index contributed by atoms with van der Waals surface area (Å²) in [4.78, 5) is 12.1. The van der Waals surface area contributed by atoms with Crippen LogP contribution in [0.5, 0.6) is 0 Å². The van der Waals surface area contributed by atoms with Gasteiger partial charge in [0, 0.05) is 5.69 Å². The average Bonchev–Trinajstić information content (AvgIpc) is 2.84. The lowest BCUT2D eigenvalue weighted by molar-refractivity contribution is -0.122. The number of hydrogen-bond donors (Lipinski definition) is 1. The zero-order chi connectivity index (χ0) is 13.2. The first-order valence-electron chi connectivity index (χ1n) is 5.75. The summed E-state index contributed by atoms with van der Waals surface area (Å²) in [7, 11) is 0. The lowest BCUT2D eigenvalue weighted by Gasteiger charge is -2.19. The molecule has 1 aromatic carbocycles. The van der Waals surface area contributed by atoms with Crippen molar-refractivity contribution in [1.29, 1.82) is 5.26 Å². The molecule has 1 N–H and O–H groups in total. The van der Waals surface area contributed by atoms with Gasteiger partial charge >= 0.3 is 0 Å². The molecule has 0 spiro atoms. The van der Waals surface area contributed by atoms with E-state index in [0.29, 0.717) is 23.0 Å². The second-order valence-electron chi connectivity index (χ2n) is 4.48. The first-order valence-corrected chi connectivity index (χ1v) is 6.54. The van der Waals surface area contributed by atoms with Crippen molar-refractivity contribution < 1.29 is 9.18 Å². The molecule has 0 aliphatic heterocycles. The Balaban J connectivity index is 2.16. The minimum Gasteiger partial charge on any atom is -0.325 e. The fourth-order valence-corrected chi connectivity index (χ4v) is 2.44. The average molecular weight is 311 g/mol. The van der Waals surface area contributed by atoms with Gasteiger partial charge < -0.3 is 5.32 Å². The van der Waals surface area contributed by atoms with Crippen LogP contribution in [0.1, 0.15) is 25.7 Å². The monoisotopic (exact) mass is 310 g/mol. The predicted molar refractivity (Wildman–Crippen MR) is 69.2 cm³/mol. The normalized spacial score (nSPS) is 17.2. The molecule has 1 fully saturated rings. The SMILES string of the molecule is N#CC1(C(=O)Nc2ccc(Br)c(F)c2)CCCC1. The molecule has 1 amide bonds. The number of carbonyl (C=O) groups is 1. The molecule has 0 unspecified atom stereocenters. The first-order chi connectivity index (χ1) is 8.57. The summed E-state index contributed by atoms with van der Waals surface area (Å²) in [5, 5.41) is 11.8. The fraction of sp³-hybridized carbons (Fsp3) is 0.385. The molecule has 0 radical (unpaired) electrons. The van der Waals surface area contributed by atoms with Crippen molar-refractivity contribution in [3.05, 3.63) is 28.5 Å². The van der Waals surface area contributed by atoms with E-state index >= 15 is 0 Å². The highest BCUT2D eigenvalue weighted by Gasteiger charge is 2.41. The first kappa shape index (κ1) is 13.0. The maximum Gasteiger partial charge on any atom is 0.244 e. The molecule has 1 aliphatic carbocycles. The Morgan fingerprint density at radius 2 is 2.11 bits per heavy atom. The van der Waals surface area contributed by atoms with Gasteiger partial charge in [0.05, 0.1) is 10.5 Å². The van der Waals surface area contributed by atoms with E-state index in [0.717, 1.165) is 12.8 Å². The van der Waals surface area contributed by atoms with Crippen molar-refractivity contribution >= 4 is 27.5 Å². The molecule has 1 aliphatic rings. The van der Waals surface area contributed by atoms with Crippen LogP contribution in [-0.4, -0.2) is 5.91 Å². The molecule has 0 aromatic heterocycles. The van der Waals surface area contributed by atoms with Gasteiger partial charge in [-0.15, -0.1) is 0 Å². The molecule has 3 nitrogen and oxygen atoms in total. The topological polar surface area (TPSA) is 52.9 Å². The maximum atomic E-state index is 13.3. The van der Waals surface area contributed by atoms with Crippen LogP contribution in [0.3, 0.4) is 0 Å². The number of nitriles is 1. The van der Waals surface area contributed by atoms with Gasteiger partial charge in [0.1, 0.15) is 11.2 Å². The van der Waals surface area contributed by atoms with E-state index in [1.54, 1.807) is 6.07 Å².